The van der Waals surface area contributed by atoms with E-state index in [2.05, 4.69) is 6.58 Å². The van der Waals surface area contributed by atoms with Crippen LogP contribution in [-0.2, 0) is 11.3 Å². The molecule has 6 heteroatoms. The zero-order valence-corrected chi connectivity index (χ0v) is 16.9. The summed E-state index contributed by atoms with van der Waals surface area (Å²) in [6.07, 6.45) is 2.88. The van der Waals surface area contributed by atoms with Crippen LogP contribution in [0.15, 0.2) is 60.0 Å². The number of rotatable bonds is 10. The Labute approximate surface area is 169 Å². The highest BCUT2D eigenvalue weighted by Crippen LogP contribution is 2.25. The number of benzene rings is 2. The van der Waals surface area contributed by atoms with E-state index < -0.39 is 0 Å². The molecular formula is C21H23ClFNO2S. The van der Waals surface area contributed by atoms with Gasteiger partial charge in [0.2, 0.25) is 5.91 Å². The molecule has 0 N–H and O–H groups in total. The maximum Gasteiger partial charge on any atom is 0.222 e. The molecule has 0 aliphatic carbocycles. The first-order chi connectivity index (χ1) is 13.0. The number of ether oxygens (including phenoxy) is 1. The number of amides is 1. The SMILES string of the molecule is C=CCOc1ccc(Cl)cc1CN(C)C(=O)CCCSc1ccc(F)cc1. The Hall–Kier alpha value is -1.98. The summed E-state index contributed by atoms with van der Waals surface area (Å²) >= 11 is 7.69. The third kappa shape index (κ3) is 7.27. The van der Waals surface area contributed by atoms with Gasteiger partial charge in [-0.25, -0.2) is 4.39 Å². The van der Waals surface area contributed by atoms with Gasteiger partial charge in [0.05, 0.1) is 0 Å². The highest BCUT2D eigenvalue weighted by Gasteiger charge is 2.13. The highest BCUT2D eigenvalue weighted by molar-refractivity contribution is 7.99. The lowest BCUT2D eigenvalue weighted by molar-refractivity contribution is -0.130. The van der Waals surface area contributed by atoms with Gasteiger partial charge in [0.25, 0.3) is 0 Å². The largest absolute Gasteiger partial charge is 0.489 e. The number of hydrogen-bond acceptors (Lipinski definition) is 3. The minimum absolute atomic E-state index is 0.0596. The second-order valence-electron chi connectivity index (χ2n) is 6.01. The zero-order chi connectivity index (χ0) is 19.6. The Balaban J connectivity index is 1.82. The second kappa shape index (κ2) is 11.0. The molecule has 0 saturated carbocycles. The smallest absolute Gasteiger partial charge is 0.222 e. The van der Waals surface area contributed by atoms with Crippen molar-refractivity contribution in [1.82, 2.24) is 4.90 Å². The summed E-state index contributed by atoms with van der Waals surface area (Å²) in [6, 6.07) is 11.8. The van der Waals surface area contributed by atoms with Crippen molar-refractivity contribution in [2.45, 2.75) is 24.3 Å². The van der Waals surface area contributed by atoms with Crippen molar-refractivity contribution in [2.24, 2.45) is 0 Å². The molecule has 1 amide bonds. The lowest BCUT2D eigenvalue weighted by atomic mass is 10.2. The lowest BCUT2D eigenvalue weighted by Gasteiger charge is -2.19. The van der Waals surface area contributed by atoms with E-state index in [9.17, 15) is 9.18 Å². The normalized spacial score (nSPS) is 10.5. The summed E-state index contributed by atoms with van der Waals surface area (Å²) in [5.41, 5.74) is 0.862. The highest BCUT2D eigenvalue weighted by atomic mass is 35.5. The molecule has 0 aromatic heterocycles. The fourth-order valence-electron chi connectivity index (χ4n) is 2.44. The Morgan fingerprint density at radius 3 is 2.74 bits per heavy atom. The molecule has 0 spiro atoms. The molecule has 2 aromatic rings. The maximum absolute atomic E-state index is 12.9. The van der Waals surface area contributed by atoms with Crippen LogP contribution in [0.2, 0.25) is 5.02 Å². The summed E-state index contributed by atoms with van der Waals surface area (Å²) in [6.45, 7) is 4.47. The van der Waals surface area contributed by atoms with Crippen molar-refractivity contribution in [3.8, 4) is 5.75 Å². The minimum atomic E-state index is -0.242. The molecule has 0 radical (unpaired) electrons. The Bertz CT molecular complexity index is 767. The average Bonchev–Trinajstić information content (AvgIpc) is 2.65. The summed E-state index contributed by atoms with van der Waals surface area (Å²) in [7, 11) is 1.77. The summed E-state index contributed by atoms with van der Waals surface area (Å²) < 4.78 is 18.5. The number of halogens is 2. The molecule has 0 saturated heterocycles. The molecule has 0 bridgehead atoms. The first-order valence-corrected chi connectivity index (χ1v) is 10.0. The van der Waals surface area contributed by atoms with Crippen molar-refractivity contribution in [3.05, 3.63) is 71.5 Å². The van der Waals surface area contributed by atoms with Crippen LogP contribution in [0.5, 0.6) is 5.75 Å². The molecule has 0 unspecified atom stereocenters. The lowest BCUT2D eigenvalue weighted by Crippen LogP contribution is -2.26. The molecule has 0 fully saturated rings. The van der Waals surface area contributed by atoms with Gasteiger partial charge in [-0.1, -0.05) is 24.3 Å². The van der Waals surface area contributed by atoms with Gasteiger partial charge in [-0.05, 0) is 54.6 Å². The van der Waals surface area contributed by atoms with Crippen LogP contribution in [0.1, 0.15) is 18.4 Å². The second-order valence-corrected chi connectivity index (χ2v) is 7.61. The quantitative estimate of drug-likeness (QED) is 0.293. The number of carbonyl (C=O) groups excluding carboxylic acids is 1. The third-order valence-electron chi connectivity index (χ3n) is 3.83. The molecular weight excluding hydrogens is 385 g/mol. The number of carbonyl (C=O) groups is 1. The van der Waals surface area contributed by atoms with Crippen molar-refractivity contribution in [2.75, 3.05) is 19.4 Å². The van der Waals surface area contributed by atoms with Crippen LogP contribution in [0.25, 0.3) is 0 Å². The van der Waals surface area contributed by atoms with E-state index in [-0.39, 0.29) is 11.7 Å². The van der Waals surface area contributed by atoms with Crippen LogP contribution in [0, 0.1) is 5.82 Å². The molecule has 0 aliphatic heterocycles. The van der Waals surface area contributed by atoms with Gasteiger partial charge >= 0.3 is 0 Å². The van der Waals surface area contributed by atoms with E-state index in [1.54, 1.807) is 54.1 Å². The van der Waals surface area contributed by atoms with Crippen molar-refractivity contribution >= 4 is 29.3 Å². The van der Waals surface area contributed by atoms with Crippen molar-refractivity contribution in [1.29, 1.82) is 0 Å². The van der Waals surface area contributed by atoms with Crippen LogP contribution in [-0.4, -0.2) is 30.2 Å². The number of thioether (sulfide) groups is 1. The molecule has 2 rings (SSSR count). The Morgan fingerprint density at radius 1 is 1.30 bits per heavy atom. The predicted molar refractivity (Wildman–Crippen MR) is 110 cm³/mol. The molecule has 3 nitrogen and oxygen atoms in total. The minimum Gasteiger partial charge on any atom is -0.489 e. The van der Waals surface area contributed by atoms with Gasteiger partial charge in [-0.15, -0.1) is 11.8 Å². The van der Waals surface area contributed by atoms with Crippen molar-refractivity contribution in [3.63, 3.8) is 0 Å². The predicted octanol–water partition coefficient (Wildman–Crippen LogP) is 5.57. The molecule has 2 aromatic carbocycles. The zero-order valence-electron chi connectivity index (χ0n) is 15.3. The van der Waals surface area contributed by atoms with Crippen LogP contribution < -0.4 is 4.74 Å². The van der Waals surface area contributed by atoms with E-state index in [0.717, 1.165) is 22.6 Å². The van der Waals surface area contributed by atoms with Crippen LogP contribution in [0.4, 0.5) is 4.39 Å². The van der Waals surface area contributed by atoms with E-state index in [0.29, 0.717) is 30.3 Å². The van der Waals surface area contributed by atoms with Crippen LogP contribution in [0.3, 0.4) is 0 Å². The monoisotopic (exact) mass is 407 g/mol. The third-order valence-corrected chi connectivity index (χ3v) is 5.16. The first kappa shape index (κ1) is 21.3. The molecule has 0 atom stereocenters. The molecule has 0 heterocycles. The molecule has 27 heavy (non-hydrogen) atoms. The standard InChI is InChI=1S/C21H23ClFNO2S/c1-3-12-26-20-11-6-17(22)14-16(20)15-24(2)21(25)5-4-13-27-19-9-7-18(23)8-10-19/h3,6-11,14H,1,4-5,12-13,15H2,2H3. The summed E-state index contributed by atoms with van der Waals surface area (Å²) in [5, 5.41) is 0.604. The average molecular weight is 408 g/mol. The number of hydrogen-bond donors (Lipinski definition) is 0. The number of nitrogens with zero attached hydrogens (tertiary/aromatic N) is 1. The molecule has 144 valence electrons. The van der Waals surface area contributed by atoms with E-state index in [1.807, 2.05) is 6.07 Å². The fourth-order valence-corrected chi connectivity index (χ4v) is 3.49. The Morgan fingerprint density at radius 2 is 2.04 bits per heavy atom. The van der Waals surface area contributed by atoms with Gasteiger partial charge < -0.3 is 9.64 Å². The maximum atomic E-state index is 12.9. The van der Waals surface area contributed by atoms with Gasteiger partial charge in [-0.3, -0.25) is 4.79 Å². The van der Waals surface area contributed by atoms with E-state index >= 15 is 0 Å². The van der Waals surface area contributed by atoms with Gasteiger partial charge in [-0.2, -0.15) is 0 Å². The van der Waals surface area contributed by atoms with Gasteiger partial charge in [0.1, 0.15) is 18.2 Å². The summed E-state index contributed by atoms with van der Waals surface area (Å²) in [4.78, 5) is 15.1. The van der Waals surface area contributed by atoms with Crippen LogP contribution >= 0.6 is 23.4 Å². The van der Waals surface area contributed by atoms with E-state index in [1.165, 1.54) is 12.1 Å². The first-order valence-electron chi connectivity index (χ1n) is 8.64. The van der Waals surface area contributed by atoms with Crippen molar-refractivity contribution < 1.29 is 13.9 Å². The fraction of sp³-hybridized carbons (Fsp3) is 0.286. The van der Waals surface area contributed by atoms with Gasteiger partial charge in [0, 0.05) is 35.5 Å². The van der Waals surface area contributed by atoms with E-state index in [4.69, 9.17) is 16.3 Å². The molecule has 0 aliphatic rings. The Kier molecular flexibility index (Phi) is 8.69. The topological polar surface area (TPSA) is 29.5 Å². The van der Waals surface area contributed by atoms with Gasteiger partial charge in [0.15, 0.2) is 0 Å². The summed E-state index contributed by atoms with van der Waals surface area (Å²) in [5.74, 6) is 1.32.